The van der Waals surface area contributed by atoms with E-state index < -0.39 is 6.09 Å². The average molecular weight is 171 g/mol. The predicted molar refractivity (Wildman–Crippen MR) is 45.1 cm³/mol. The lowest BCUT2D eigenvalue weighted by Gasteiger charge is -1.98. The van der Waals surface area contributed by atoms with E-state index in [9.17, 15) is 9.59 Å². The summed E-state index contributed by atoms with van der Waals surface area (Å²) in [5.41, 5.74) is 0. The molecule has 0 rings (SSSR count). The van der Waals surface area contributed by atoms with Gasteiger partial charge >= 0.3 is 6.09 Å². The van der Waals surface area contributed by atoms with Crippen LogP contribution in [-0.2, 0) is 4.79 Å². The smallest absolute Gasteiger partial charge is 0.404 e. The van der Waals surface area contributed by atoms with Gasteiger partial charge in [-0.2, -0.15) is 0 Å². The molecule has 0 heterocycles. The summed E-state index contributed by atoms with van der Waals surface area (Å²) in [5.74, 6) is 0.00493. The van der Waals surface area contributed by atoms with Crippen LogP contribution in [0.4, 0.5) is 4.79 Å². The minimum absolute atomic E-state index is 0.00493. The number of rotatable bonds is 6. The number of carbonyl (C=O) groups is 2. The van der Waals surface area contributed by atoms with Gasteiger partial charge in [-0.25, -0.2) is 4.79 Å². The normalized spacial score (nSPS) is 9.00. The maximum Gasteiger partial charge on any atom is 0.404 e. The van der Waals surface area contributed by atoms with E-state index in [4.69, 9.17) is 5.11 Å². The van der Waals surface area contributed by atoms with Crippen LogP contribution in [0.25, 0.3) is 0 Å². The summed E-state index contributed by atoms with van der Waals surface area (Å²) in [4.78, 5) is 20.6. The molecule has 12 heavy (non-hydrogen) atoms. The van der Waals surface area contributed by atoms with Crippen molar-refractivity contribution < 1.29 is 14.7 Å². The van der Waals surface area contributed by atoms with Crippen molar-refractivity contribution in [2.75, 3.05) is 6.54 Å². The molecule has 0 spiro atoms. The van der Waals surface area contributed by atoms with Gasteiger partial charge in [0, 0.05) is 13.0 Å². The fourth-order valence-corrected chi connectivity index (χ4v) is 0.722. The zero-order chi connectivity index (χ0) is 9.40. The molecule has 0 radical (unpaired) electrons. The van der Waals surface area contributed by atoms with Crippen molar-refractivity contribution in [3.63, 3.8) is 0 Å². The number of unbranched alkanes of at least 4 members (excludes halogenated alkanes) is 1. The van der Waals surface area contributed by atoms with E-state index in [1.807, 2.05) is 0 Å². The summed E-state index contributed by atoms with van der Waals surface area (Å²) >= 11 is 0. The molecule has 4 nitrogen and oxygen atoms in total. The Morgan fingerprint density at radius 3 is 2.58 bits per heavy atom. The van der Waals surface area contributed by atoms with Crippen LogP contribution >= 0.6 is 0 Å². The fourth-order valence-electron chi connectivity index (χ4n) is 0.722. The van der Waals surface area contributed by atoms with Crippen molar-refractivity contribution in [2.24, 2.45) is 0 Å². The Balaban J connectivity index is 3.16. The molecule has 0 aromatic rings. The third-order valence-electron chi connectivity index (χ3n) is 1.35. The summed E-state index contributed by atoms with van der Waals surface area (Å²) < 4.78 is 0. The highest BCUT2D eigenvalue weighted by molar-refractivity contribution is 5.88. The van der Waals surface area contributed by atoms with E-state index >= 15 is 0 Å². The van der Waals surface area contributed by atoms with E-state index in [2.05, 4.69) is 11.9 Å². The largest absolute Gasteiger partial charge is 0.465 e. The van der Waals surface area contributed by atoms with Crippen molar-refractivity contribution >= 4 is 11.9 Å². The summed E-state index contributed by atoms with van der Waals surface area (Å²) in [5, 5.41) is 10.4. The first kappa shape index (κ1) is 10.7. The van der Waals surface area contributed by atoms with E-state index in [1.165, 1.54) is 6.08 Å². The lowest BCUT2D eigenvalue weighted by atomic mass is 10.2. The van der Waals surface area contributed by atoms with Gasteiger partial charge in [0.25, 0.3) is 0 Å². The van der Waals surface area contributed by atoms with Crippen LogP contribution < -0.4 is 5.32 Å². The Bertz CT molecular complexity index is 177. The van der Waals surface area contributed by atoms with Crippen LogP contribution in [0.15, 0.2) is 12.7 Å². The van der Waals surface area contributed by atoms with Crippen molar-refractivity contribution in [2.45, 2.75) is 19.3 Å². The Kier molecular flexibility index (Phi) is 5.69. The number of carbonyl (C=O) groups excluding carboxylic acids is 1. The Morgan fingerprint density at radius 2 is 2.08 bits per heavy atom. The molecule has 0 saturated heterocycles. The molecular formula is C8H13NO3. The highest BCUT2D eigenvalue weighted by Gasteiger charge is 1.96. The Morgan fingerprint density at radius 1 is 1.42 bits per heavy atom. The molecule has 0 aromatic carbocycles. The second kappa shape index (κ2) is 6.39. The van der Waals surface area contributed by atoms with Crippen LogP contribution in [0.2, 0.25) is 0 Å². The third-order valence-corrected chi connectivity index (χ3v) is 1.35. The molecule has 2 N–H and O–H groups in total. The number of allylic oxidation sites excluding steroid dienone is 1. The Hall–Kier alpha value is -1.32. The highest BCUT2D eigenvalue weighted by atomic mass is 16.4. The maximum atomic E-state index is 10.7. The van der Waals surface area contributed by atoms with Crippen LogP contribution in [-0.4, -0.2) is 23.5 Å². The fraction of sp³-hybridized carbons (Fsp3) is 0.500. The van der Waals surface area contributed by atoms with Gasteiger partial charge in [-0.3, -0.25) is 4.79 Å². The van der Waals surface area contributed by atoms with Crippen LogP contribution in [0.5, 0.6) is 0 Å². The summed E-state index contributed by atoms with van der Waals surface area (Å²) in [6, 6.07) is 0. The highest BCUT2D eigenvalue weighted by Crippen LogP contribution is 1.95. The number of carboxylic acid groups (broad SMARTS) is 1. The summed E-state index contributed by atoms with van der Waals surface area (Å²) in [7, 11) is 0. The molecule has 0 saturated carbocycles. The number of hydrogen-bond donors (Lipinski definition) is 2. The molecular weight excluding hydrogens is 158 g/mol. The van der Waals surface area contributed by atoms with Gasteiger partial charge < -0.3 is 10.4 Å². The van der Waals surface area contributed by atoms with Gasteiger partial charge in [0.2, 0.25) is 0 Å². The molecule has 68 valence electrons. The zero-order valence-corrected chi connectivity index (χ0v) is 6.88. The third kappa shape index (κ3) is 6.80. The SMILES string of the molecule is C=CC(=O)CCCCNC(=O)O. The van der Waals surface area contributed by atoms with Gasteiger partial charge in [0.15, 0.2) is 5.78 Å². The standard InChI is InChI=1S/C8H13NO3/c1-2-7(10)5-3-4-6-9-8(11)12/h2,9H,1,3-6H2,(H,11,12). The molecule has 0 atom stereocenters. The summed E-state index contributed by atoms with van der Waals surface area (Å²) in [6.45, 7) is 3.73. The molecule has 0 unspecified atom stereocenters. The van der Waals surface area contributed by atoms with Crippen LogP contribution in [0, 0.1) is 0 Å². The Labute approximate surface area is 71.3 Å². The molecule has 1 amide bonds. The first-order valence-electron chi connectivity index (χ1n) is 3.79. The lowest BCUT2D eigenvalue weighted by molar-refractivity contribution is -0.114. The van der Waals surface area contributed by atoms with Crippen LogP contribution in [0.1, 0.15) is 19.3 Å². The number of amides is 1. The van der Waals surface area contributed by atoms with E-state index in [1.54, 1.807) is 0 Å². The van der Waals surface area contributed by atoms with Gasteiger partial charge in [-0.15, -0.1) is 0 Å². The zero-order valence-electron chi connectivity index (χ0n) is 6.88. The molecule has 0 fully saturated rings. The van der Waals surface area contributed by atoms with Gasteiger partial charge in [0.05, 0.1) is 0 Å². The number of hydrogen-bond acceptors (Lipinski definition) is 2. The topological polar surface area (TPSA) is 66.4 Å². The van der Waals surface area contributed by atoms with Gasteiger partial charge in [-0.05, 0) is 18.9 Å². The second-order valence-corrected chi connectivity index (χ2v) is 2.36. The molecule has 0 aliphatic rings. The van der Waals surface area contributed by atoms with Gasteiger partial charge in [-0.1, -0.05) is 6.58 Å². The monoisotopic (exact) mass is 171 g/mol. The van der Waals surface area contributed by atoms with Gasteiger partial charge in [0.1, 0.15) is 0 Å². The quantitative estimate of drug-likeness (QED) is 0.465. The minimum Gasteiger partial charge on any atom is -0.465 e. The van der Waals surface area contributed by atoms with Crippen molar-refractivity contribution in [1.82, 2.24) is 5.32 Å². The first-order chi connectivity index (χ1) is 5.66. The number of nitrogens with one attached hydrogen (secondary N) is 1. The molecule has 0 aromatic heterocycles. The van der Waals surface area contributed by atoms with Crippen molar-refractivity contribution in [3.8, 4) is 0 Å². The number of ketones is 1. The molecule has 4 heteroatoms. The van der Waals surface area contributed by atoms with E-state index in [-0.39, 0.29) is 5.78 Å². The maximum absolute atomic E-state index is 10.7. The molecule has 0 aliphatic carbocycles. The van der Waals surface area contributed by atoms with E-state index in [0.29, 0.717) is 25.8 Å². The van der Waals surface area contributed by atoms with Crippen molar-refractivity contribution in [1.29, 1.82) is 0 Å². The minimum atomic E-state index is -1.02. The summed E-state index contributed by atoms with van der Waals surface area (Å²) in [6.07, 6.45) is 2.09. The first-order valence-corrected chi connectivity index (χ1v) is 3.79. The average Bonchev–Trinajstić information content (AvgIpc) is 2.03. The molecule has 0 aliphatic heterocycles. The van der Waals surface area contributed by atoms with Crippen molar-refractivity contribution in [3.05, 3.63) is 12.7 Å². The lowest BCUT2D eigenvalue weighted by Crippen LogP contribution is -2.21. The second-order valence-electron chi connectivity index (χ2n) is 2.36. The predicted octanol–water partition coefficient (Wildman–Crippen LogP) is 1.18. The van der Waals surface area contributed by atoms with Crippen LogP contribution in [0.3, 0.4) is 0 Å². The molecule has 0 bridgehead atoms. The van der Waals surface area contributed by atoms with E-state index in [0.717, 1.165) is 0 Å².